The second-order valence-corrected chi connectivity index (χ2v) is 4.57. The van der Waals surface area contributed by atoms with Crippen LogP contribution in [-0.4, -0.2) is 6.04 Å². The number of anilines is 2. The van der Waals surface area contributed by atoms with Crippen molar-refractivity contribution in [3.8, 4) is 0 Å². The van der Waals surface area contributed by atoms with E-state index >= 15 is 0 Å². The first-order valence-corrected chi connectivity index (χ1v) is 5.88. The van der Waals surface area contributed by atoms with Crippen molar-refractivity contribution >= 4 is 11.4 Å². The van der Waals surface area contributed by atoms with Gasteiger partial charge in [-0.3, -0.25) is 0 Å². The molecule has 0 bridgehead atoms. The van der Waals surface area contributed by atoms with Crippen LogP contribution >= 0.6 is 0 Å². The molecule has 82 valence electrons. The van der Waals surface area contributed by atoms with Gasteiger partial charge in [-0.1, -0.05) is 25.3 Å². The average Bonchev–Trinajstić information content (AvgIpc) is 2.24. The zero-order valence-corrected chi connectivity index (χ0v) is 9.42. The van der Waals surface area contributed by atoms with Crippen molar-refractivity contribution in [3.63, 3.8) is 0 Å². The number of nitrogens with one attached hydrogen (secondary N) is 1. The Hall–Kier alpha value is -1.18. The Labute approximate surface area is 91.9 Å². The molecule has 0 radical (unpaired) electrons. The van der Waals surface area contributed by atoms with Crippen LogP contribution in [0.2, 0.25) is 0 Å². The summed E-state index contributed by atoms with van der Waals surface area (Å²) in [7, 11) is 0. The number of hydrogen-bond donors (Lipinski definition) is 2. The van der Waals surface area contributed by atoms with E-state index in [1.165, 1.54) is 37.7 Å². The Kier molecular flexibility index (Phi) is 3.14. The van der Waals surface area contributed by atoms with Crippen molar-refractivity contribution in [1.29, 1.82) is 0 Å². The van der Waals surface area contributed by atoms with Crippen LogP contribution in [0.5, 0.6) is 0 Å². The number of rotatable bonds is 2. The summed E-state index contributed by atoms with van der Waals surface area (Å²) in [6.45, 7) is 2.07. The first-order valence-electron chi connectivity index (χ1n) is 5.88. The largest absolute Gasteiger partial charge is 0.397 e. The third-order valence-corrected chi connectivity index (χ3v) is 3.17. The molecule has 0 atom stereocenters. The van der Waals surface area contributed by atoms with Gasteiger partial charge in [0.05, 0.1) is 11.4 Å². The quantitative estimate of drug-likeness (QED) is 0.725. The number of hydrogen-bond acceptors (Lipinski definition) is 2. The van der Waals surface area contributed by atoms with Crippen LogP contribution in [0.15, 0.2) is 18.2 Å². The zero-order valence-electron chi connectivity index (χ0n) is 9.42. The molecule has 0 amide bonds. The van der Waals surface area contributed by atoms with Crippen molar-refractivity contribution in [2.45, 2.75) is 45.1 Å². The second kappa shape index (κ2) is 4.56. The molecule has 2 rings (SSSR count). The molecule has 0 unspecified atom stereocenters. The first-order chi connectivity index (χ1) is 7.25. The lowest BCUT2D eigenvalue weighted by Gasteiger charge is -2.24. The van der Waals surface area contributed by atoms with E-state index in [0.29, 0.717) is 6.04 Å². The maximum atomic E-state index is 5.98. The van der Waals surface area contributed by atoms with Crippen LogP contribution in [0.3, 0.4) is 0 Å². The normalized spacial score (nSPS) is 17.7. The Morgan fingerprint density at radius 2 is 1.93 bits per heavy atom. The summed E-state index contributed by atoms with van der Waals surface area (Å²) in [5.41, 5.74) is 9.18. The average molecular weight is 204 g/mol. The summed E-state index contributed by atoms with van der Waals surface area (Å²) in [6.07, 6.45) is 6.66. The SMILES string of the molecule is Cc1ccc(NC2CCCCC2)c(N)c1. The molecule has 0 saturated heterocycles. The Morgan fingerprint density at radius 3 is 2.60 bits per heavy atom. The maximum absolute atomic E-state index is 5.98. The van der Waals surface area contributed by atoms with E-state index in [2.05, 4.69) is 24.4 Å². The third kappa shape index (κ3) is 2.65. The van der Waals surface area contributed by atoms with Crippen molar-refractivity contribution in [2.75, 3.05) is 11.1 Å². The smallest absolute Gasteiger partial charge is 0.0576 e. The number of nitrogens with two attached hydrogens (primary N) is 1. The standard InChI is InChI=1S/C13H20N2/c1-10-7-8-13(12(14)9-10)15-11-5-3-2-4-6-11/h7-9,11,15H,2-6,14H2,1H3. The molecule has 0 spiro atoms. The number of nitrogen functional groups attached to an aromatic ring is 1. The molecule has 0 aliphatic heterocycles. The highest BCUT2D eigenvalue weighted by atomic mass is 14.9. The fourth-order valence-corrected chi connectivity index (χ4v) is 2.28. The zero-order chi connectivity index (χ0) is 10.7. The Balaban J connectivity index is 2.03. The highest BCUT2D eigenvalue weighted by Crippen LogP contribution is 2.25. The summed E-state index contributed by atoms with van der Waals surface area (Å²) in [6, 6.07) is 6.87. The summed E-state index contributed by atoms with van der Waals surface area (Å²) < 4.78 is 0. The van der Waals surface area contributed by atoms with Gasteiger partial charge in [-0.25, -0.2) is 0 Å². The summed E-state index contributed by atoms with van der Waals surface area (Å²) in [5.74, 6) is 0. The first kappa shape index (κ1) is 10.3. The van der Waals surface area contributed by atoms with Gasteiger partial charge in [0.25, 0.3) is 0 Å². The van der Waals surface area contributed by atoms with Gasteiger partial charge >= 0.3 is 0 Å². The van der Waals surface area contributed by atoms with Gasteiger partial charge in [0, 0.05) is 6.04 Å². The van der Waals surface area contributed by atoms with Crippen molar-refractivity contribution in [2.24, 2.45) is 0 Å². The Morgan fingerprint density at radius 1 is 1.20 bits per heavy atom. The van der Waals surface area contributed by atoms with Gasteiger partial charge in [-0.05, 0) is 37.5 Å². The van der Waals surface area contributed by atoms with Crippen molar-refractivity contribution in [3.05, 3.63) is 23.8 Å². The molecule has 1 fully saturated rings. The van der Waals surface area contributed by atoms with Crippen LogP contribution in [0.4, 0.5) is 11.4 Å². The molecule has 0 aromatic heterocycles. The van der Waals surface area contributed by atoms with Gasteiger partial charge in [-0.15, -0.1) is 0 Å². The van der Waals surface area contributed by atoms with E-state index in [1.54, 1.807) is 0 Å². The second-order valence-electron chi connectivity index (χ2n) is 4.57. The predicted octanol–water partition coefficient (Wildman–Crippen LogP) is 3.32. The molecule has 1 aromatic rings. The minimum atomic E-state index is 0.628. The van der Waals surface area contributed by atoms with Crippen LogP contribution in [0, 0.1) is 6.92 Å². The van der Waals surface area contributed by atoms with Gasteiger partial charge in [0.2, 0.25) is 0 Å². The van der Waals surface area contributed by atoms with Gasteiger partial charge in [0.15, 0.2) is 0 Å². The fourth-order valence-electron chi connectivity index (χ4n) is 2.28. The fraction of sp³-hybridized carbons (Fsp3) is 0.538. The molecule has 3 N–H and O–H groups in total. The van der Waals surface area contributed by atoms with Gasteiger partial charge < -0.3 is 11.1 Å². The van der Waals surface area contributed by atoms with E-state index in [-0.39, 0.29) is 0 Å². The van der Waals surface area contributed by atoms with Crippen LogP contribution in [-0.2, 0) is 0 Å². The lowest BCUT2D eigenvalue weighted by molar-refractivity contribution is 0.463. The summed E-state index contributed by atoms with van der Waals surface area (Å²) in [5, 5.41) is 3.55. The molecule has 1 aliphatic rings. The van der Waals surface area contributed by atoms with E-state index < -0.39 is 0 Å². The van der Waals surface area contributed by atoms with E-state index in [4.69, 9.17) is 5.73 Å². The Bertz CT molecular complexity index is 327. The molecular weight excluding hydrogens is 184 g/mol. The minimum absolute atomic E-state index is 0.628. The monoisotopic (exact) mass is 204 g/mol. The van der Waals surface area contributed by atoms with Crippen LogP contribution in [0.1, 0.15) is 37.7 Å². The highest BCUT2D eigenvalue weighted by Gasteiger charge is 2.13. The molecule has 2 nitrogen and oxygen atoms in total. The summed E-state index contributed by atoms with van der Waals surface area (Å²) >= 11 is 0. The highest BCUT2D eigenvalue weighted by molar-refractivity contribution is 5.67. The third-order valence-electron chi connectivity index (χ3n) is 3.17. The molecule has 0 heterocycles. The van der Waals surface area contributed by atoms with Crippen LogP contribution < -0.4 is 11.1 Å². The van der Waals surface area contributed by atoms with E-state index in [0.717, 1.165) is 11.4 Å². The summed E-state index contributed by atoms with van der Waals surface area (Å²) in [4.78, 5) is 0. The predicted molar refractivity (Wildman–Crippen MR) is 66.1 cm³/mol. The topological polar surface area (TPSA) is 38.0 Å². The molecule has 1 saturated carbocycles. The van der Waals surface area contributed by atoms with E-state index in [1.807, 2.05) is 6.07 Å². The van der Waals surface area contributed by atoms with E-state index in [9.17, 15) is 0 Å². The molecule has 1 aromatic carbocycles. The van der Waals surface area contributed by atoms with Crippen LogP contribution in [0.25, 0.3) is 0 Å². The van der Waals surface area contributed by atoms with Gasteiger partial charge in [0.1, 0.15) is 0 Å². The molecule has 15 heavy (non-hydrogen) atoms. The number of aryl methyl sites for hydroxylation is 1. The van der Waals surface area contributed by atoms with Gasteiger partial charge in [-0.2, -0.15) is 0 Å². The molecular formula is C13H20N2. The molecule has 1 aliphatic carbocycles. The number of benzene rings is 1. The van der Waals surface area contributed by atoms with Crippen molar-refractivity contribution < 1.29 is 0 Å². The maximum Gasteiger partial charge on any atom is 0.0576 e. The lowest BCUT2D eigenvalue weighted by atomic mass is 9.95. The van der Waals surface area contributed by atoms with Crippen molar-refractivity contribution in [1.82, 2.24) is 0 Å². The molecule has 2 heteroatoms. The lowest BCUT2D eigenvalue weighted by Crippen LogP contribution is -2.22. The minimum Gasteiger partial charge on any atom is -0.397 e.